The average molecular weight is 298 g/mol. The Kier molecular flexibility index (Phi) is 4.88. The van der Waals surface area contributed by atoms with Crippen molar-refractivity contribution in [2.75, 3.05) is 18.5 Å². The highest BCUT2D eigenvalue weighted by Gasteiger charge is 2.15. The maximum atomic E-state index is 10.7. The molecule has 0 atom stereocenters. The molecule has 22 heavy (non-hydrogen) atoms. The maximum absolute atomic E-state index is 10.7. The fourth-order valence-corrected chi connectivity index (χ4v) is 1.76. The minimum Gasteiger partial charge on any atom is -0.492 e. The van der Waals surface area contributed by atoms with Crippen molar-refractivity contribution in [2.24, 2.45) is 0 Å². The average Bonchev–Trinajstić information content (AvgIpc) is 2.52. The van der Waals surface area contributed by atoms with Crippen molar-refractivity contribution < 1.29 is 9.66 Å². The molecule has 0 bridgehead atoms. The van der Waals surface area contributed by atoms with Gasteiger partial charge in [0, 0.05) is 6.07 Å². The lowest BCUT2D eigenvalue weighted by Gasteiger charge is -2.08. The topological polar surface area (TPSA) is 101 Å². The van der Waals surface area contributed by atoms with Gasteiger partial charge in [-0.1, -0.05) is 17.7 Å². The van der Waals surface area contributed by atoms with Gasteiger partial charge >= 0.3 is 5.69 Å². The van der Waals surface area contributed by atoms with Crippen LogP contribution in [0.1, 0.15) is 11.3 Å². The normalized spacial score (nSPS) is 9.82. The Morgan fingerprint density at radius 3 is 2.68 bits per heavy atom. The van der Waals surface area contributed by atoms with Crippen molar-refractivity contribution in [1.82, 2.24) is 4.98 Å². The fourth-order valence-electron chi connectivity index (χ4n) is 1.76. The molecule has 1 aromatic carbocycles. The van der Waals surface area contributed by atoms with E-state index in [0.717, 1.165) is 11.3 Å². The summed E-state index contributed by atoms with van der Waals surface area (Å²) in [5.41, 5.74) is 0.642. The number of anilines is 1. The van der Waals surface area contributed by atoms with Crippen molar-refractivity contribution >= 4 is 11.5 Å². The summed E-state index contributed by atoms with van der Waals surface area (Å²) in [6, 6.07) is 12.1. The lowest BCUT2D eigenvalue weighted by atomic mass is 10.2. The van der Waals surface area contributed by atoms with Gasteiger partial charge in [0.2, 0.25) is 5.69 Å². The highest BCUT2D eigenvalue weighted by Crippen LogP contribution is 2.18. The van der Waals surface area contributed by atoms with E-state index in [1.807, 2.05) is 31.2 Å². The van der Waals surface area contributed by atoms with E-state index in [-0.39, 0.29) is 11.4 Å². The van der Waals surface area contributed by atoms with Gasteiger partial charge in [-0.25, -0.2) is 4.98 Å². The van der Waals surface area contributed by atoms with Crippen LogP contribution in [0.3, 0.4) is 0 Å². The number of aryl methyl sites for hydroxylation is 1. The first-order valence-electron chi connectivity index (χ1n) is 6.59. The number of nitro groups is 1. The molecule has 1 aromatic heterocycles. The van der Waals surface area contributed by atoms with Gasteiger partial charge in [0.05, 0.1) is 11.5 Å². The molecule has 0 aliphatic rings. The Morgan fingerprint density at radius 1 is 1.32 bits per heavy atom. The number of nitrogens with one attached hydrogen (secondary N) is 1. The minimum atomic E-state index is -0.629. The molecule has 0 aliphatic heterocycles. The molecular weight excluding hydrogens is 284 g/mol. The Hall–Kier alpha value is -3.14. The fraction of sp³-hybridized carbons (Fsp3) is 0.200. The van der Waals surface area contributed by atoms with E-state index in [2.05, 4.69) is 10.3 Å². The molecule has 0 unspecified atom stereocenters. The van der Waals surface area contributed by atoms with Gasteiger partial charge in [0.25, 0.3) is 0 Å². The second-order valence-corrected chi connectivity index (χ2v) is 4.52. The Bertz CT molecular complexity index is 708. The molecule has 1 heterocycles. The molecule has 0 spiro atoms. The molecular formula is C15H14N4O3. The summed E-state index contributed by atoms with van der Waals surface area (Å²) in [7, 11) is 0. The van der Waals surface area contributed by atoms with E-state index in [1.54, 1.807) is 6.07 Å². The van der Waals surface area contributed by atoms with Crippen molar-refractivity contribution in [1.29, 1.82) is 5.26 Å². The van der Waals surface area contributed by atoms with Gasteiger partial charge in [0.15, 0.2) is 0 Å². The van der Waals surface area contributed by atoms with Crippen molar-refractivity contribution in [3.63, 3.8) is 0 Å². The number of hydrogen-bond donors (Lipinski definition) is 1. The van der Waals surface area contributed by atoms with E-state index in [4.69, 9.17) is 10.00 Å². The van der Waals surface area contributed by atoms with Crippen LogP contribution in [0.15, 0.2) is 36.4 Å². The monoisotopic (exact) mass is 298 g/mol. The third kappa shape index (κ3) is 3.93. The molecule has 112 valence electrons. The van der Waals surface area contributed by atoms with E-state index < -0.39 is 4.92 Å². The van der Waals surface area contributed by atoms with Gasteiger partial charge in [-0.05, 0) is 25.1 Å². The predicted octanol–water partition coefficient (Wildman–Crippen LogP) is 2.66. The van der Waals surface area contributed by atoms with Crippen LogP contribution >= 0.6 is 0 Å². The zero-order chi connectivity index (χ0) is 15.9. The molecule has 0 fully saturated rings. The Labute approximate surface area is 127 Å². The number of rotatable bonds is 6. The number of ether oxygens (including phenoxy) is 1. The molecule has 0 radical (unpaired) electrons. The van der Waals surface area contributed by atoms with Crippen molar-refractivity contribution in [2.45, 2.75) is 6.92 Å². The van der Waals surface area contributed by atoms with Crippen LogP contribution in [0.4, 0.5) is 11.5 Å². The molecule has 2 aromatic rings. The third-order valence-corrected chi connectivity index (χ3v) is 2.87. The number of aromatic nitrogens is 1. The van der Waals surface area contributed by atoms with E-state index in [0.29, 0.717) is 19.0 Å². The van der Waals surface area contributed by atoms with Gasteiger partial charge in [-0.3, -0.25) is 10.1 Å². The number of nitriles is 1. The van der Waals surface area contributed by atoms with E-state index in [9.17, 15) is 10.1 Å². The van der Waals surface area contributed by atoms with Crippen LogP contribution in [-0.2, 0) is 0 Å². The Balaban J connectivity index is 1.88. The first-order chi connectivity index (χ1) is 10.6. The standard InChI is InChI=1S/C15H14N4O3/c1-11-2-4-12(5-3-11)22-9-8-17-15-7-6-14(19(20)21)13(10-16)18-15/h2-7H,8-9H2,1H3,(H,17,18). The number of benzene rings is 1. The van der Waals surface area contributed by atoms with Crippen LogP contribution in [0.5, 0.6) is 5.75 Å². The first-order valence-corrected chi connectivity index (χ1v) is 6.59. The van der Waals surface area contributed by atoms with Gasteiger partial charge < -0.3 is 10.1 Å². The van der Waals surface area contributed by atoms with Gasteiger partial charge in [-0.15, -0.1) is 0 Å². The molecule has 0 saturated carbocycles. The summed E-state index contributed by atoms with van der Waals surface area (Å²) in [4.78, 5) is 14.0. The van der Waals surface area contributed by atoms with Crippen LogP contribution in [-0.4, -0.2) is 23.1 Å². The Morgan fingerprint density at radius 2 is 2.05 bits per heavy atom. The zero-order valence-electron chi connectivity index (χ0n) is 11.9. The maximum Gasteiger partial charge on any atom is 0.305 e. The second-order valence-electron chi connectivity index (χ2n) is 4.52. The van der Waals surface area contributed by atoms with Crippen molar-refractivity contribution in [3.8, 4) is 11.8 Å². The van der Waals surface area contributed by atoms with Crippen LogP contribution in [0.25, 0.3) is 0 Å². The summed E-state index contributed by atoms with van der Waals surface area (Å²) < 4.78 is 5.54. The molecule has 7 nitrogen and oxygen atoms in total. The second kappa shape index (κ2) is 7.04. The highest BCUT2D eigenvalue weighted by atomic mass is 16.6. The predicted molar refractivity (Wildman–Crippen MR) is 80.8 cm³/mol. The molecule has 0 saturated heterocycles. The van der Waals surface area contributed by atoms with Crippen LogP contribution in [0, 0.1) is 28.4 Å². The summed E-state index contributed by atoms with van der Waals surface area (Å²) in [5.74, 6) is 1.16. The SMILES string of the molecule is Cc1ccc(OCCNc2ccc([N+](=O)[O-])c(C#N)n2)cc1. The lowest BCUT2D eigenvalue weighted by molar-refractivity contribution is -0.385. The quantitative estimate of drug-likeness (QED) is 0.500. The van der Waals surface area contributed by atoms with Crippen LogP contribution in [0.2, 0.25) is 0 Å². The molecule has 0 amide bonds. The minimum absolute atomic E-state index is 0.213. The molecule has 7 heteroatoms. The molecule has 1 N–H and O–H groups in total. The van der Waals surface area contributed by atoms with Gasteiger partial charge in [0.1, 0.15) is 24.2 Å². The summed E-state index contributed by atoms with van der Waals surface area (Å²) >= 11 is 0. The highest BCUT2D eigenvalue weighted by molar-refractivity contribution is 5.50. The molecule has 0 aliphatic carbocycles. The molecule has 2 rings (SSSR count). The summed E-state index contributed by atoms with van der Waals surface area (Å²) in [6.07, 6.45) is 0. The van der Waals surface area contributed by atoms with E-state index in [1.165, 1.54) is 12.1 Å². The lowest BCUT2D eigenvalue weighted by Crippen LogP contribution is -2.12. The number of nitrogens with zero attached hydrogens (tertiary/aromatic N) is 3. The van der Waals surface area contributed by atoms with Gasteiger partial charge in [-0.2, -0.15) is 5.26 Å². The van der Waals surface area contributed by atoms with E-state index >= 15 is 0 Å². The number of pyridine rings is 1. The summed E-state index contributed by atoms with van der Waals surface area (Å²) in [5, 5.41) is 22.5. The number of hydrogen-bond acceptors (Lipinski definition) is 6. The zero-order valence-corrected chi connectivity index (χ0v) is 11.9. The largest absolute Gasteiger partial charge is 0.492 e. The first kappa shape index (κ1) is 15.3. The third-order valence-electron chi connectivity index (χ3n) is 2.87. The summed E-state index contributed by atoms with van der Waals surface area (Å²) in [6.45, 7) is 2.87. The smallest absolute Gasteiger partial charge is 0.305 e. The van der Waals surface area contributed by atoms with Crippen LogP contribution < -0.4 is 10.1 Å². The van der Waals surface area contributed by atoms with Crippen molar-refractivity contribution in [3.05, 3.63) is 57.8 Å².